The number of benzene rings is 4. The van der Waals surface area contributed by atoms with Gasteiger partial charge in [0.1, 0.15) is 8.07 Å². The van der Waals surface area contributed by atoms with E-state index in [1.54, 1.807) is 0 Å². The Morgan fingerprint density at radius 2 is 0.718 bits per heavy atom. The van der Waals surface area contributed by atoms with Crippen LogP contribution in [-0.2, 0) is 12.4 Å². The lowest BCUT2D eigenvalue weighted by Gasteiger charge is -2.27. The molecule has 0 N–H and O–H groups in total. The number of hydrogen-bond acceptors (Lipinski definition) is 0. The molecule has 0 fully saturated rings. The number of alkyl halides is 6. The molecule has 7 heteroatoms. The third-order valence-electron chi connectivity index (χ3n) is 7.13. The topological polar surface area (TPSA) is 0 Å². The van der Waals surface area contributed by atoms with E-state index in [1.807, 2.05) is 60.7 Å². The minimum atomic E-state index is -4.46. The van der Waals surface area contributed by atoms with Crippen LogP contribution in [-0.4, -0.2) is 8.07 Å². The summed E-state index contributed by atoms with van der Waals surface area (Å²) in [6.07, 6.45) is -8.92. The lowest BCUT2D eigenvalue weighted by Crippen LogP contribution is -2.28. The summed E-state index contributed by atoms with van der Waals surface area (Å²) in [5.74, 6) is 0. The van der Waals surface area contributed by atoms with E-state index in [1.165, 1.54) is 24.3 Å². The van der Waals surface area contributed by atoms with Crippen molar-refractivity contribution >= 4 is 29.6 Å². The van der Waals surface area contributed by atoms with Crippen LogP contribution in [0.15, 0.2) is 109 Å². The van der Waals surface area contributed by atoms with Crippen LogP contribution in [0.4, 0.5) is 26.3 Å². The number of hydrogen-bond donors (Lipinski definition) is 0. The highest BCUT2D eigenvalue weighted by Gasteiger charge is 2.44. The van der Waals surface area contributed by atoms with E-state index in [0.29, 0.717) is 11.1 Å². The summed E-state index contributed by atoms with van der Waals surface area (Å²) in [4.78, 5) is 0. The molecule has 0 radical (unpaired) electrons. The maximum atomic E-state index is 13.4. The van der Waals surface area contributed by atoms with E-state index in [9.17, 15) is 26.3 Å². The fourth-order valence-electron chi connectivity index (χ4n) is 5.45. The van der Waals surface area contributed by atoms with Gasteiger partial charge in [-0.05, 0) is 68.1 Å². The van der Waals surface area contributed by atoms with Gasteiger partial charge < -0.3 is 0 Å². The first kappa shape index (κ1) is 26.8. The van der Waals surface area contributed by atoms with Gasteiger partial charge in [0.2, 0.25) is 0 Å². The van der Waals surface area contributed by atoms with Gasteiger partial charge in [-0.3, -0.25) is 0 Å². The van der Waals surface area contributed by atoms with E-state index in [0.717, 1.165) is 56.9 Å². The van der Waals surface area contributed by atoms with Crippen molar-refractivity contribution in [3.05, 3.63) is 143 Å². The second-order valence-corrected chi connectivity index (χ2v) is 14.3. The van der Waals surface area contributed by atoms with Gasteiger partial charge in [0.15, 0.2) is 0 Å². The highest BCUT2D eigenvalue weighted by molar-refractivity contribution is 7.13. The molecule has 198 valence electrons. The van der Waals surface area contributed by atoms with Gasteiger partial charge in [0.25, 0.3) is 0 Å². The van der Waals surface area contributed by atoms with E-state index in [2.05, 4.69) is 13.1 Å². The highest BCUT2D eigenvalue weighted by atomic mass is 28.3. The van der Waals surface area contributed by atoms with Crippen LogP contribution in [0.2, 0.25) is 13.1 Å². The molecule has 0 bridgehead atoms. The monoisotopic (exact) mass is 550 g/mol. The molecule has 0 saturated carbocycles. The molecule has 1 heterocycles. The summed E-state index contributed by atoms with van der Waals surface area (Å²) < 4.78 is 80.3. The first-order valence-corrected chi connectivity index (χ1v) is 15.3. The Morgan fingerprint density at radius 1 is 0.410 bits per heavy atom. The third-order valence-corrected chi connectivity index (χ3v) is 10.7. The van der Waals surface area contributed by atoms with Gasteiger partial charge >= 0.3 is 12.4 Å². The molecule has 0 atom stereocenters. The standard InChI is InChI=1S/C32H24F6Si/c1-39(2)29(23-13-17-25(18-14-23)31(33,34)35)27(21-9-5-3-6-10-21)28(22-11-7-4-8-12-22)30(39)24-15-19-26(20-16-24)32(36,37)38/h3-20H,1-2H3. The van der Waals surface area contributed by atoms with Gasteiger partial charge in [-0.1, -0.05) is 98.0 Å². The summed E-state index contributed by atoms with van der Waals surface area (Å²) in [6, 6.07) is 29.6. The molecule has 39 heavy (non-hydrogen) atoms. The molecule has 0 nitrogen and oxygen atoms in total. The van der Waals surface area contributed by atoms with E-state index in [-0.39, 0.29) is 0 Å². The lowest BCUT2D eigenvalue weighted by atomic mass is 9.89. The van der Waals surface area contributed by atoms with Crippen molar-refractivity contribution in [2.24, 2.45) is 0 Å². The summed E-state index contributed by atoms with van der Waals surface area (Å²) in [7, 11) is -2.70. The molecule has 0 amide bonds. The second kappa shape index (κ2) is 9.72. The van der Waals surface area contributed by atoms with Crippen molar-refractivity contribution in [3.8, 4) is 0 Å². The largest absolute Gasteiger partial charge is 0.416 e. The first-order chi connectivity index (χ1) is 18.4. The molecular weight excluding hydrogens is 526 g/mol. The number of allylic oxidation sites excluding steroid dienone is 2. The van der Waals surface area contributed by atoms with Gasteiger partial charge in [-0.2, -0.15) is 26.3 Å². The van der Waals surface area contributed by atoms with Crippen molar-refractivity contribution in [2.75, 3.05) is 0 Å². The Hall–Kier alpha value is -3.84. The predicted octanol–water partition coefficient (Wildman–Crippen LogP) is 10.0. The maximum Gasteiger partial charge on any atom is 0.416 e. The zero-order valence-electron chi connectivity index (χ0n) is 21.2. The van der Waals surface area contributed by atoms with Crippen molar-refractivity contribution < 1.29 is 26.3 Å². The van der Waals surface area contributed by atoms with Gasteiger partial charge in [0, 0.05) is 0 Å². The minimum absolute atomic E-state index is 0.675. The fraction of sp³-hybridized carbons (Fsp3) is 0.125. The molecular formula is C32H24F6Si. The number of rotatable bonds is 4. The van der Waals surface area contributed by atoms with Gasteiger partial charge in [-0.15, -0.1) is 0 Å². The van der Waals surface area contributed by atoms with Crippen LogP contribution in [0.25, 0.3) is 21.5 Å². The Morgan fingerprint density at radius 3 is 1.00 bits per heavy atom. The first-order valence-electron chi connectivity index (χ1n) is 12.3. The summed E-state index contributed by atoms with van der Waals surface area (Å²) in [5, 5.41) is 1.88. The molecule has 0 aliphatic carbocycles. The summed E-state index contributed by atoms with van der Waals surface area (Å²) >= 11 is 0. The molecule has 0 aromatic heterocycles. The molecule has 0 unspecified atom stereocenters. The average molecular weight is 551 g/mol. The second-order valence-electron chi connectivity index (χ2n) is 10.0. The SMILES string of the molecule is C[Si]1(C)C(c2ccc(C(F)(F)F)cc2)=C(c2ccccc2)C(c2ccccc2)=C1c1ccc(C(F)(F)F)cc1. The Labute approximate surface area is 224 Å². The van der Waals surface area contributed by atoms with Gasteiger partial charge in [-0.25, -0.2) is 0 Å². The van der Waals surface area contributed by atoms with Crippen LogP contribution >= 0.6 is 0 Å². The predicted molar refractivity (Wildman–Crippen MR) is 147 cm³/mol. The highest BCUT2D eigenvalue weighted by Crippen LogP contribution is 2.55. The molecule has 4 aromatic carbocycles. The van der Waals surface area contributed by atoms with Crippen molar-refractivity contribution in [3.63, 3.8) is 0 Å². The van der Waals surface area contributed by atoms with Crippen LogP contribution in [0.3, 0.4) is 0 Å². The maximum absolute atomic E-state index is 13.4. The smallest absolute Gasteiger partial charge is 0.166 e. The number of halogens is 6. The minimum Gasteiger partial charge on any atom is -0.166 e. The summed E-state index contributed by atoms with van der Waals surface area (Å²) in [5.41, 5.74) is 3.47. The molecule has 0 spiro atoms. The van der Waals surface area contributed by atoms with Crippen LogP contribution in [0.1, 0.15) is 33.4 Å². The van der Waals surface area contributed by atoms with Crippen LogP contribution in [0.5, 0.6) is 0 Å². The van der Waals surface area contributed by atoms with Gasteiger partial charge in [0.05, 0.1) is 11.1 Å². The van der Waals surface area contributed by atoms with Crippen molar-refractivity contribution in [1.82, 2.24) is 0 Å². The zero-order valence-corrected chi connectivity index (χ0v) is 22.2. The van der Waals surface area contributed by atoms with Crippen molar-refractivity contribution in [2.45, 2.75) is 25.4 Å². The lowest BCUT2D eigenvalue weighted by molar-refractivity contribution is -0.138. The Balaban J connectivity index is 1.82. The Bertz CT molecular complexity index is 1420. The van der Waals surface area contributed by atoms with E-state index < -0.39 is 31.6 Å². The molecule has 5 rings (SSSR count). The van der Waals surface area contributed by atoms with E-state index in [4.69, 9.17) is 0 Å². The third kappa shape index (κ3) is 4.99. The average Bonchev–Trinajstić information content (AvgIpc) is 3.16. The zero-order chi connectivity index (χ0) is 28.0. The summed E-state index contributed by atoms with van der Waals surface area (Å²) in [6.45, 7) is 4.21. The quantitative estimate of drug-likeness (QED) is 0.175. The molecule has 1 aliphatic rings. The fourth-order valence-corrected chi connectivity index (χ4v) is 9.26. The van der Waals surface area contributed by atoms with Crippen LogP contribution < -0.4 is 0 Å². The van der Waals surface area contributed by atoms with E-state index >= 15 is 0 Å². The molecule has 1 aliphatic heterocycles. The Kier molecular flexibility index (Phi) is 6.67. The van der Waals surface area contributed by atoms with Crippen molar-refractivity contribution in [1.29, 1.82) is 0 Å². The van der Waals surface area contributed by atoms with Crippen LogP contribution in [0, 0.1) is 0 Å². The normalized spacial score (nSPS) is 15.7. The molecule has 0 saturated heterocycles. The molecule has 4 aromatic rings.